The zero-order chi connectivity index (χ0) is 18.7. The fourth-order valence-electron chi connectivity index (χ4n) is 2.08. The molecule has 26 heavy (non-hydrogen) atoms. The summed E-state index contributed by atoms with van der Waals surface area (Å²) in [5.74, 6) is 0.750. The van der Waals surface area contributed by atoms with Crippen LogP contribution in [0.25, 0.3) is 0 Å². The van der Waals surface area contributed by atoms with Crippen molar-refractivity contribution in [2.45, 2.75) is 46.1 Å². The lowest BCUT2D eigenvalue weighted by Crippen LogP contribution is -2.42. The van der Waals surface area contributed by atoms with E-state index in [2.05, 4.69) is 26.0 Å². The van der Waals surface area contributed by atoms with E-state index in [9.17, 15) is 4.79 Å². The van der Waals surface area contributed by atoms with Gasteiger partial charge >= 0.3 is 6.09 Å². The molecular weight excluding hydrogens is 447 g/mol. The summed E-state index contributed by atoms with van der Waals surface area (Å²) in [5.41, 5.74) is 0.736. The zero-order valence-electron chi connectivity index (χ0n) is 16.5. The van der Waals surface area contributed by atoms with E-state index in [1.807, 2.05) is 51.8 Å². The van der Waals surface area contributed by atoms with Crippen LogP contribution in [0.2, 0.25) is 0 Å². The van der Waals surface area contributed by atoms with Crippen molar-refractivity contribution >= 4 is 36.0 Å². The van der Waals surface area contributed by atoms with Crippen LogP contribution in [0.5, 0.6) is 0 Å². The molecule has 3 N–H and O–H groups in total. The second kappa shape index (κ2) is 12.8. The topological polar surface area (TPSA) is 92.6 Å². The normalized spacial score (nSPS) is 11.5. The van der Waals surface area contributed by atoms with E-state index in [1.165, 1.54) is 5.56 Å². The minimum Gasteiger partial charge on any atom is -0.444 e. The number of amides is 1. The van der Waals surface area contributed by atoms with Crippen LogP contribution in [0.4, 0.5) is 4.79 Å². The van der Waals surface area contributed by atoms with Crippen LogP contribution >= 0.6 is 24.0 Å². The number of guanidine groups is 1. The zero-order valence-corrected chi connectivity index (χ0v) is 18.8. The summed E-state index contributed by atoms with van der Waals surface area (Å²) in [7, 11) is 1.92. The van der Waals surface area contributed by atoms with Gasteiger partial charge in [-0.15, -0.1) is 24.0 Å². The molecule has 8 nitrogen and oxygen atoms in total. The largest absolute Gasteiger partial charge is 0.444 e. The average Bonchev–Trinajstić information content (AvgIpc) is 2.91. The molecule has 1 heterocycles. The van der Waals surface area contributed by atoms with Crippen LogP contribution in [0.1, 0.15) is 39.7 Å². The molecule has 0 saturated carbocycles. The first kappa shape index (κ1) is 24.5. The predicted molar refractivity (Wildman–Crippen MR) is 115 cm³/mol. The van der Waals surface area contributed by atoms with E-state index in [-0.39, 0.29) is 24.0 Å². The summed E-state index contributed by atoms with van der Waals surface area (Å²) in [6.07, 6.45) is 5.41. The number of hydrogen-bond acceptors (Lipinski definition) is 4. The third-order valence-corrected chi connectivity index (χ3v) is 3.08. The van der Waals surface area contributed by atoms with Crippen LogP contribution in [-0.4, -0.2) is 53.6 Å². The number of aryl methyl sites for hydroxylation is 2. The van der Waals surface area contributed by atoms with Gasteiger partial charge in [0.2, 0.25) is 0 Å². The molecule has 0 aliphatic carbocycles. The monoisotopic (exact) mass is 480 g/mol. The van der Waals surface area contributed by atoms with Crippen molar-refractivity contribution in [3.63, 3.8) is 0 Å². The molecule has 9 heteroatoms. The number of aliphatic imine (C=N–C) groups is 1. The Kier molecular flexibility index (Phi) is 12.0. The Bertz CT molecular complexity index is 554. The first-order valence-electron chi connectivity index (χ1n) is 8.76. The molecule has 0 fully saturated rings. The summed E-state index contributed by atoms with van der Waals surface area (Å²) in [6, 6.07) is 0. The molecule has 0 bridgehead atoms. The Morgan fingerprint density at radius 3 is 2.54 bits per heavy atom. The molecule has 0 aromatic carbocycles. The highest BCUT2D eigenvalue weighted by atomic mass is 127. The van der Waals surface area contributed by atoms with Gasteiger partial charge in [-0.2, -0.15) is 5.10 Å². The Morgan fingerprint density at radius 1 is 1.27 bits per heavy atom. The molecule has 0 saturated heterocycles. The summed E-state index contributed by atoms with van der Waals surface area (Å²) in [5, 5.41) is 13.3. The van der Waals surface area contributed by atoms with E-state index in [4.69, 9.17) is 4.74 Å². The van der Waals surface area contributed by atoms with Gasteiger partial charge in [0.1, 0.15) is 5.60 Å². The molecule has 0 aliphatic heterocycles. The molecule has 0 unspecified atom stereocenters. The van der Waals surface area contributed by atoms with Crippen molar-refractivity contribution in [3.05, 3.63) is 18.0 Å². The maximum Gasteiger partial charge on any atom is 0.407 e. The van der Waals surface area contributed by atoms with Crippen LogP contribution in [0.3, 0.4) is 0 Å². The van der Waals surface area contributed by atoms with Gasteiger partial charge in [-0.1, -0.05) is 0 Å². The third kappa shape index (κ3) is 11.9. The van der Waals surface area contributed by atoms with Gasteiger partial charge in [-0.25, -0.2) is 4.79 Å². The number of nitrogens with one attached hydrogen (secondary N) is 3. The number of carbonyl (C=O) groups excluding carboxylic acids is 1. The van der Waals surface area contributed by atoms with Gasteiger partial charge in [0.05, 0.1) is 6.20 Å². The lowest BCUT2D eigenvalue weighted by molar-refractivity contribution is 0.0529. The van der Waals surface area contributed by atoms with Gasteiger partial charge < -0.3 is 20.7 Å². The second-order valence-electron chi connectivity index (χ2n) is 6.74. The molecule has 1 rings (SSSR count). The van der Waals surface area contributed by atoms with Gasteiger partial charge in [-0.05, 0) is 46.1 Å². The summed E-state index contributed by atoms with van der Waals surface area (Å²) in [4.78, 5) is 16.1. The van der Waals surface area contributed by atoms with Crippen molar-refractivity contribution in [1.82, 2.24) is 25.7 Å². The molecule has 1 aromatic heterocycles. The predicted octanol–water partition coefficient (Wildman–Crippen LogP) is 2.05. The van der Waals surface area contributed by atoms with E-state index in [1.54, 1.807) is 0 Å². The summed E-state index contributed by atoms with van der Waals surface area (Å²) in [6.45, 7) is 10.1. The molecule has 0 atom stereocenters. The highest BCUT2D eigenvalue weighted by molar-refractivity contribution is 14.0. The van der Waals surface area contributed by atoms with E-state index >= 15 is 0 Å². The van der Waals surface area contributed by atoms with Crippen LogP contribution < -0.4 is 16.0 Å². The first-order chi connectivity index (χ1) is 11.8. The van der Waals surface area contributed by atoms with E-state index in [0.29, 0.717) is 13.1 Å². The molecule has 0 radical (unpaired) electrons. The highest BCUT2D eigenvalue weighted by Gasteiger charge is 2.15. The second-order valence-corrected chi connectivity index (χ2v) is 6.74. The van der Waals surface area contributed by atoms with Crippen molar-refractivity contribution < 1.29 is 9.53 Å². The Hall–Kier alpha value is -1.52. The molecule has 0 spiro atoms. The molecule has 1 aromatic rings. The average molecular weight is 480 g/mol. The minimum absolute atomic E-state index is 0. The van der Waals surface area contributed by atoms with Crippen molar-refractivity contribution in [2.24, 2.45) is 12.0 Å². The number of rotatable bonds is 8. The Labute approximate surface area is 173 Å². The van der Waals surface area contributed by atoms with Crippen molar-refractivity contribution in [2.75, 3.05) is 26.2 Å². The summed E-state index contributed by atoms with van der Waals surface area (Å²) >= 11 is 0. The van der Waals surface area contributed by atoms with Gasteiger partial charge in [0.25, 0.3) is 0 Å². The number of aromatic nitrogens is 2. The van der Waals surface area contributed by atoms with E-state index < -0.39 is 11.7 Å². The highest BCUT2D eigenvalue weighted by Crippen LogP contribution is 2.06. The maximum atomic E-state index is 11.6. The molecule has 150 valence electrons. The first-order valence-corrected chi connectivity index (χ1v) is 8.76. The van der Waals surface area contributed by atoms with Crippen molar-refractivity contribution in [3.8, 4) is 0 Å². The lowest BCUT2D eigenvalue weighted by atomic mass is 10.2. The fraction of sp³-hybridized carbons (Fsp3) is 0.706. The fourth-order valence-corrected chi connectivity index (χ4v) is 2.08. The standard InChI is InChI=1S/C17H32N6O2.HI/c1-6-18-15(19-9-7-8-14-12-22-23(5)13-14)20-10-11-21-16(24)25-17(2,3)4;/h12-13H,6-11H2,1-5H3,(H,21,24)(H2,18,19,20);1H. The number of alkyl carbamates (subject to hydrolysis) is 1. The van der Waals surface area contributed by atoms with Gasteiger partial charge in [0.15, 0.2) is 5.96 Å². The third-order valence-electron chi connectivity index (χ3n) is 3.08. The smallest absolute Gasteiger partial charge is 0.407 e. The SMILES string of the molecule is CCNC(=NCCCc1cnn(C)c1)NCCNC(=O)OC(C)(C)C.I. The summed E-state index contributed by atoms with van der Waals surface area (Å²) < 4.78 is 6.99. The van der Waals surface area contributed by atoms with Crippen LogP contribution in [0, 0.1) is 0 Å². The minimum atomic E-state index is -0.484. The molecule has 0 aliphatic rings. The van der Waals surface area contributed by atoms with Crippen LogP contribution in [0.15, 0.2) is 17.4 Å². The maximum absolute atomic E-state index is 11.6. The Morgan fingerprint density at radius 2 is 1.96 bits per heavy atom. The number of halogens is 1. The van der Waals surface area contributed by atoms with Gasteiger partial charge in [0, 0.05) is 39.4 Å². The number of ether oxygens (including phenoxy) is 1. The van der Waals surface area contributed by atoms with Gasteiger partial charge in [-0.3, -0.25) is 9.67 Å². The van der Waals surface area contributed by atoms with Crippen LogP contribution in [-0.2, 0) is 18.2 Å². The number of nitrogens with zero attached hydrogens (tertiary/aromatic N) is 3. The lowest BCUT2D eigenvalue weighted by Gasteiger charge is -2.19. The number of carbonyl (C=O) groups is 1. The quantitative estimate of drug-likeness (QED) is 0.229. The number of hydrogen-bond donors (Lipinski definition) is 3. The van der Waals surface area contributed by atoms with E-state index in [0.717, 1.165) is 31.9 Å². The molecule has 1 amide bonds. The Balaban J connectivity index is 0.00000625. The molecular formula is C17H33IN6O2. The van der Waals surface area contributed by atoms with Crippen molar-refractivity contribution in [1.29, 1.82) is 0 Å².